The highest BCUT2D eigenvalue weighted by Gasteiger charge is 2.32. The number of rotatable bonds is 8. The van der Waals surface area contributed by atoms with Gasteiger partial charge >= 0.3 is 13.2 Å². The Morgan fingerprint density at radius 3 is 2.67 bits per heavy atom. The van der Waals surface area contributed by atoms with Gasteiger partial charge in [0.1, 0.15) is 18.2 Å². The Balaban J connectivity index is 1.92. The minimum Gasteiger partial charge on any atom is -0.447 e. The summed E-state index contributed by atoms with van der Waals surface area (Å²) >= 11 is 0. The molecule has 1 fully saturated rings. The molecule has 0 saturated carbocycles. The summed E-state index contributed by atoms with van der Waals surface area (Å²) in [6.07, 6.45) is 2.49. The van der Waals surface area contributed by atoms with Crippen molar-refractivity contribution in [2.45, 2.75) is 45.1 Å². The average molecular weight is 413 g/mol. The first kappa shape index (κ1) is 23.5. The Kier molecular flexibility index (Phi) is 8.90. The number of carbonyl (C=O) groups excluding carboxylic acids is 2. The van der Waals surface area contributed by atoms with E-state index < -0.39 is 19.2 Å². The summed E-state index contributed by atoms with van der Waals surface area (Å²) in [5, 5.41) is 30.9. The van der Waals surface area contributed by atoms with Gasteiger partial charge < -0.3 is 25.0 Å². The molecule has 1 aliphatic rings. The van der Waals surface area contributed by atoms with Crippen LogP contribution in [0.15, 0.2) is 42.0 Å². The molecule has 1 unspecified atom stereocenters. The number of nitriles is 1. The Morgan fingerprint density at radius 2 is 2.07 bits per heavy atom. The molecule has 1 aromatic rings. The van der Waals surface area contributed by atoms with Crippen LogP contribution in [0.4, 0.5) is 4.79 Å². The van der Waals surface area contributed by atoms with E-state index in [4.69, 9.17) is 4.74 Å². The number of ether oxygens (including phenoxy) is 1. The molecule has 0 aromatic heterocycles. The summed E-state index contributed by atoms with van der Waals surface area (Å²) in [7, 11) is -1.75. The fourth-order valence-corrected chi connectivity index (χ4v) is 3.38. The zero-order valence-electron chi connectivity index (χ0n) is 17.3. The van der Waals surface area contributed by atoms with Gasteiger partial charge in [-0.05, 0) is 30.7 Å². The summed E-state index contributed by atoms with van der Waals surface area (Å²) in [6, 6.07) is 10.8. The number of likely N-dealkylation sites (tertiary alicyclic amines) is 1. The van der Waals surface area contributed by atoms with Crippen molar-refractivity contribution in [1.82, 2.24) is 10.2 Å². The van der Waals surface area contributed by atoms with Crippen molar-refractivity contribution in [3.63, 3.8) is 0 Å². The summed E-state index contributed by atoms with van der Waals surface area (Å²) in [6.45, 7) is 4.25. The topological polar surface area (TPSA) is 123 Å². The third-order valence-corrected chi connectivity index (χ3v) is 4.86. The van der Waals surface area contributed by atoms with Gasteiger partial charge in [0, 0.05) is 6.54 Å². The molecule has 0 aliphatic carbocycles. The van der Waals surface area contributed by atoms with E-state index in [2.05, 4.69) is 5.32 Å². The van der Waals surface area contributed by atoms with E-state index in [0.717, 1.165) is 12.0 Å². The second kappa shape index (κ2) is 11.4. The molecule has 0 spiro atoms. The molecule has 1 saturated heterocycles. The lowest BCUT2D eigenvalue weighted by atomic mass is 9.76. The number of hydrogen-bond acceptors (Lipinski definition) is 6. The van der Waals surface area contributed by atoms with Crippen LogP contribution >= 0.6 is 0 Å². The number of benzene rings is 1. The van der Waals surface area contributed by atoms with E-state index >= 15 is 0 Å². The number of alkyl carbamates (subject to hydrolysis) is 1. The lowest BCUT2D eigenvalue weighted by molar-refractivity contribution is -0.128. The van der Waals surface area contributed by atoms with Crippen LogP contribution in [-0.2, 0) is 16.0 Å². The molecule has 1 heterocycles. The van der Waals surface area contributed by atoms with Gasteiger partial charge in [-0.3, -0.25) is 4.79 Å². The predicted octanol–water partition coefficient (Wildman–Crippen LogP) is 1.43. The van der Waals surface area contributed by atoms with Crippen molar-refractivity contribution in [1.29, 1.82) is 5.26 Å². The van der Waals surface area contributed by atoms with E-state index in [9.17, 15) is 24.9 Å². The number of allylic oxidation sites excluding steroid dienone is 1. The molecule has 0 radical (unpaired) electrons. The van der Waals surface area contributed by atoms with Crippen LogP contribution < -0.4 is 5.32 Å². The van der Waals surface area contributed by atoms with Gasteiger partial charge in [-0.2, -0.15) is 5.26 Å². The summed E-state index contributed by atoms with van der Waals surface area (Å²) in [4.78, 5) is 26.4. The fourth-order valence-electron chi connectivity index (χ4n) is 3.38. The molecule has 3 N–H and O–H groups in total. The van der Waals surface area contributed by atoms with Crippen LogP contribution in [0.1, 0.15) is 32.3 Å². The maximum atomic E-state index is 12.7. The van der Waals surface area contributed by atoms with Gasteiger partial charge in [0.05, 0.1) is 12.0 Å². The molecule has 9 heteroatoms. The van der Waals surface area contributed by atoms with Gasteiger partial charge in [0.2, 0.25) is 0 Å². The van der Waals surface area contributed by atoms with Crippen molar-refractivity contribution in [3.8, 4) is 6.07 Å². The highest BCUT2D eigenvalue weighted by atomic mass is 16.5. The Bertz CT molecular complexity index is 792. The molecule has 2 amide bonds. The molecular formula is C21H28BN3O5. The van der Waals surface area contributed by atoms with Crippen LogP contribution in [-0.4, -0.2) is 59.2 Å². The lowest BCUT2D eigenvalue weighted by Crippen LogP contribution is -2.49. The second-order valence-corrected chi connectivity index (χ2v) is 7.68. The number of hydrogen-bond donors (Lipinski definition) is 3. The monoisotopic (exact) mass is 413 g/mol. The van der Waals surface area contributed by atoms with Crippen molar-refractivity contribution in [3.05, 3.63) is 47.5 Å². The van der Waals surface area contributed by atoms with Gasteiger partial charge in [-0.15, -0.1) is 0 Å². The molecule has 160 valence electrons. The van der Waals surface area contributed by atoms with Crippen LogP contribution in [0.3, 0.4) is 0 Å². The highest BCUT2D eigenvalue weighted by molar-refractivity contribution is 6.43. The minimum atomic E-state index is -1.75. The number of carbonyl (C=O) groups is 2. The quantitative estimate of drug-likeness (QED) is 0.337. The van der Waals surface area contributed by atoms with E-state index in [1.165, 1.54) is 0 Å². The number of nitrogens with one attached hydrogen (secondary N) is 1. The van der Waals surface area contributed by atoms with Gasteiger partial charge in [-0.25, -0.2) is 4.79 Å². The maximum Gasteiger partial charge on any atom is 0.475 e. The number of nitrogens with zero attached hydrogens (tertiary/aromatic N) is 2. The summed E-state index contributed by atoms with van der Waals surface area (Å²) < 4.78 is 5.25. The number of amides is 2. The van der Waals surface area contributed by atoms with E-state index in [-0.39, 0.29) is 36.5 Å². The standard InChI is InChI=1S/C21H28BN3O5/c1-15(2)11-17(13-23)20(26)25-10-6-9-18(25)14-30-21(27)24-19(22(28)29)12-16-7-4-3-5-8-16/h3-5,7-8,11,15,18-19,28-29H,6,9-10,12,14H2,1-2H3,(H,24,27)/t18-,19?/m1/s1. The first-order valence-corrected chi connectivity index (χ1v) is 10.1. The van der Waals surface area contributed by atoms with Crippen LogP contribution in [0.5, 0.6) is 0 Å². The second-order valence-electron chi connectivity index (χ2n) is 7.68. The Labute approximate surface area is 177 Å². The van der Waals surface area contributed by atoms with Gasteiger partial charge in [0.25, 0.3) is 5.91 Å². The highest BCUT2D eigenvalue weighted by Crippen LogP contribution is 2.20. The average Bonchev–Trinajstić information content (AvgIpc) is 3.18. The minimum absolute atomic E-state index is 0.0302. The third kappa shape index (κ3) is 6.90. The lowest BCUT2D eigenvalue weighted by Gasteiger charge is -2.25. The first-order valence-electron chi connectivity index (χ1n) is 10.1. The summed E-state index contributed by atoms with van der Waals surface area (Å²) in [5.74, 6) is -1.22. The SMILES string of the molecule is CC(C)C=C(C#N)C(=O)N1CCC[C@@H]1COC(=O)NC(Cc1ccccc1)B(O)O. The maximum absolute atomic E-state index is 12.7. The first-order chi connectivity index (χ1) is 14.3. The van der Waals surface area contributed by atoms with E-state index in [1.807, 2.05) is 50.2 Å². The van der Waals surface area contributed by atoms with E-state index in [0.29, 0.717) is 13.0 Å². The van der Waals surface area contributed by atoms with Crippen molar-refractivity contribution in [2.75, 3.05) is 13.2 Å². The molecule has 30 heavy (non-hydrogen) atoms. The molecule has 2 atom stereocenters. The normalized spacial score (nSPS) is 17.4. The molecular weight excluding hydrogens is 385 g/mol. The van der Waals surface area contributed by atoms with E-state index in [1.54, 1.807) is 11.0 Å². The zero-order valence-corrected chi connectivity index (χ0v) is 17.3. The Hall–Kier alpha value is -2.83. The molecule has 2 rings (SSSR count). The largest absolute Gasteiger partial charge is 0.475 e. The molecule has 1 aromatic carbocycles. The molecule has 1 aliphatic heterocycles. The van der Waals surface area contributed by atoms with Gasteiger partial charge in [0.15, 0.2) is 0 Å². The van der Waals surface area contributed by atoms with Crippen LogP contribution in [0, 0.1) is 17.2 Å². The van der Waals surface area contributed by atoms with Crippen molar-refractivity contribution < 1.29 is 24.4 Å². The molecule has 0 bridgehead atoms. The smallest absolute Gasteiger partial charge is 0.447 e. The third-order valence-electron chi connectivity index (χ3n) is 4.86. The van der Waals surface area contributed by atoms with Crippen molar-refractivity contribution in [2.24, 2.45) is 5.92 Å². The van der Waals surface area contributed by atoms with Crippen LogP contribution in [0.2, 0.25) is 0 Å². The van der Waals surface area contributed by atoms with Crippen molar-refractivity contribution >= 4 is 19.1 Å². The molecule has 8 nitrogen and oxygen atoms in total. The fraction of sp³-hybridized carbons (Fsp3) is 0.476. The van der Waals surface area contributed by atoms with Gasteiger partial charge in [-0.1, -0.05) is 50.3 Å². The summed E-state index contributed by atoms with van der Waals surface area (Å²) in [5.41, 5.74) is 0.928. The predicted molar refractivity (Wildman–Crippen MR) is 112 cm³/mol. The Morgan fingerprint density at radius 1 is 1.37 bits per heavy atom. The zero-order chi connectivity index (χ0) is 22.1. The van der Waals surface area contributed by atoms with Crippen LogP contribution in [0.25, 0.3) is 0 Å².